The third-order valence-corrected chi connectivity index (χ3v) is 4.25. The van der Waals surface area contributed by atoms with Crippen LogP contribution in [0.4, 0.5) is 5.69 Å². The van der Waals surface area contributed by atoms with E-state index in [-0.39, 0.29) is 23.6 Å². The van der Waals surface area contributed by atoms with Crippen LogP contribution in [-0.2, 0) is 4.79 Å². The Kier molecular flexibility index (Phi) is 3.76. The largest absolute Gasteiger partial charge is 0.507 e. The quantitative estimate of drug-likeness (QED) is 0.730. The highest BCUT2D eigenvalue weighted by atomic mass is 32.2. The molecule has 0 radical (unpaired) electrons. The highest BCUT2D eigenvalue weighted by Gasteiger charge is 2.27. The molecule has 114 valence electrons. The van der Waals surface area contributed by atoms with Crippen LogP contribution < -0.4 is 5.32 Å². The molecule has 1 aromatic carbocycles. The predicted molar refractivity (Wildman–Crippen MR) is 83.0 cm³/mol. The van der Waals surface area contributed by atoms with Gasteiger partial charge in [-0.15, -0.1) is 0 Å². The van der Waals surface area contributed by atoms with Crippen molar-refractivity contribution in [2.75, 3.05) is 18.4 Å². The Morgan fingerprint density at radius 2 is 2.23 bits per heavy atom. The fourth-order valence-corrected chi connectivity index (χ4v) is 3.22. The van der Waals surface area contributed by atoms with Crippen LogP contribution in [0.15, 0.2) is 34.3 Å². The summed E-state index contributed by atoms with van der Waals surface area (Å²) in [5, 5.41) is 23.9. The number of fused-ring (bicyclic) bond motifs is 1. The third-order valence-electron chi connectivity index (χ3n) is 3.30. The summed E-state index contributed by atoms with van der Waals surface area (Å²) in [4.78, 5) is 29.4. The van der Waals surface area contributed by atoms with E-state index < -0.39 is 5.97 Å². The second kappa shape index (κ2) is 5.72. The van der Waals surface area contributed by atoms with Gasteiger partial charge in [0.05, 0.1) is 13.0 Å². The number of amidine groups is 1. The number of nitrogens with zero attached hydrogens (tertiary/aromatic N) is 2. The van der Waals surface area contributed by atoms with Crippen molar-refractivity contribution >= 4 is 34.5 Å². The average molecular weight is 319 g/mol. The minimum Gasteiger partial charge on any atom is -0.507 e. The van der Waals surface area contributed by atoms with E-state index in [1.165, 1.54) is 30.0 Å². The van der Waals surface area contributed by atoms with Crippen molar-refractivity contribution in [2.45, 2.75) is 6.42 Å². The van der Waals surface area contributed by atoms with E-state index in [9.17, 15) is 14.7 Å². The fourth-order valence-electron chi connectivity index (χ4n) is 2.27. The number of carboxylic acid groups (broad SMARTS) is 1. The lowest BCUT2D eigenvalue weighted by Crippen LogP contribution is -2.24. The molecule has 0 unspecified atom stereocenters. The van der Waals surface area contributed by atoms with Gasteiger partial charge in [0.15, 0.2) is 5.17 Å². The molecule has 0 atom stereocenters. The Labute approximate surface area is 130 Å². The first-order chi connectivity index (χ1) is 10.5. The van der Waals surface area contributed by atoms with Crippen molar-refractivity contribution in [3.8, 4) is 5.75 Å². The molecule has 0 spiro atoms. The number of phenols is 1. The maximum Gasteiger partial charge on any atom is 0.339 e. The average Bonchev–Trinajstić information content (AvgIpc) is 3.06. The lowest BCUT2D eigenvalue weighted by atomic mass is 10.1. The van der Waals surface area contributed by atoms with Crippen molar-refractivity contribution in [1.29, 1.82) is 0 Å². The molecular weight excluding hydrogens is 306 g/mol. The number of carboxylic acids is 1. The SMILES string of the molecule is O=C(CC1=CSC2=NCCN12)Nc1ccc(O)c(C(=O)O)c1. The van der Waals surface area contributed by atoms with E-state index in [1.54, 1.807) is 0 Å². The summed E-state index contributed by atoms with van der Waals surface area (Å²) in [5.41, 5.74) is 0.972. The van der Waals surface area contributed by atoms with Gasteiger partial charge in [0.25, 0.3) is 0 Å². The lowest BCUT2D eigenvalue weighted by molar-refractivity contribution is -0.115. The van der Waals surface area contributed by atoms with Gasteiger partial charge in [-0.2, -0.15) is 0 Å². The maximum absolute atomic E-state index is 12.1. The Morgan fingerprint density at radius 1 is 1.41 bits per heavy atom. The number of carbonyl (C=O) groups excluding carboxylic acids is 1. The number of carbonyl (C=O) groups is 2. The van der Waals surface area contributed by atoms with Crippen LogP contribution in [0.25, 0.3) is 0 Å². The number of aliphatic imine (C=N–C) groups is 1. The van der Waals surface area contributed by atoms with Crippen molar-refractivity contribution in [1.82, 2.24) is 4.90 Å². The van der Waals surface area contributed by atoms with E-state index in [2.05, 4.69) is 10.3 Å². The van der Waals surface area contributed by atoms with E-state index in [1.807, 2.05) is 10.3 Å². The number of amides is 1. The Hall–Kier alpha value is -2.48. The fraction of sp³-hybridized carbons (Fsp3) is 0.214. The molecule has 0 bridgehead atoms. The molecule has 3 N–H and O–H groups in total. The number of aromatic carboxylic acids is 1. The molecule has 0 saturated heterocycles. The van der Waals surface area contributed by atoms with Gasteiger partial charge in [-0.25, -0.2) is 4.79 Å². The molecule has 0 aliphatic carbocycles. The van der Waals surface area contributed by atoms with Crippen molar-refractivity contribution < 1.29 is 19.8 Å². The van der Waals surface area contributed by atoms with Gasteiger partial charge in [-0.3, -0.25) is 9.79 Å². The number of benzene rings is 1. The molecule has 2 heterocycles. The number of nitrogens with one attached hydrogen (secondary N) is 1. The van der Waals surface area contributed by atoms with E-state index in [4.69, 9.17) is 5.11 Å². The summed E-state index contributed by atoms with van der Waals surface area (Å²) in [6.45, 7) is 1.52. The molecule has 0 saturated carbocycles. The molecule has 3 rings (SSSR count). The maximum atomic E-state index is 12.1. The van der Waals surface area contributed by atoms with Crippen LogP contribution in [0.2, 0.25) is 0 Å². The molecule has 2 aliphatic heterocycles. The van der Waals surface area contributed by atoms with Crippen LogP contribution in [0.5, 0.6) is 5.75 Å². The minimum absolute atomic E-state index is 0.190. The molecular formula is C14H13N3O4S. The van der Waals surface area contributed by atoms with Gasteiger partial charge < -0.3 is 20.4 Å². The summed E-state index contributed by atoms with van der Waals surface area (Å²) in [6, 6.07) is 3.94. The Bertz CT molecular complexity index is 714. The lowest BCUT2D eigenvalue weighted by Gasteiger charge is -2.16. The van der Waals surface area contributed by atoms with Crippen LogP contribution in [0.3, 0.4) is 0 Å². The molecule has 0 aromatic heterocycles. The smallest absolute Gasteiger partial charge is 0.339 e. The van der Waals surface area contributed by atoms with Crippen molar-refractivity contribution in [2.24, 2.45) is 4.99 Å². The molecule has 8 heteroatoms. The zero-order chi connectivity index (χ0) is 15.7. The van der Waals surface area contributed by atoms with Crippen LogP contribution in [0.1, 0.15) is 16.8 Å². The van der Waals surface area contributed by atoms with Crippen molar-refractivity contribution in [3.63, 3.8) is 0 Å². The highest BCUT2D eigenvalue weighted by Crippen LogP contribution is 2.31. The number of hydrogen-bond acceptors (Lipinski definition) is 6. The first-order valence-electron chi connectivity index (χ1n) is 6.58. The summed E-state index contributed by atoms with van der Waals surface area (Å²) in [5.74, 6) is -1.83. The van der Waals surface area contributed by atoms with E-state index in [0.29, 0.717) is 5.69 Å². The van der Waals surface area contributed by atoms with E-state index >= 15 is 0 Å². The predicted octanol–water partition coefficient (Wildman–Crippen LogP) is 1.68. The van der Waals surface area contributed by atoms with Gasteiger partial charge in [-0.1, -0.05) is 11.8 Å². The third kappa shape index (κ3) is 2.77. The zero-order valence-electron chi connectivity index (χ0n) is 11.4. The highest BCUT2D eigenvalue weighted by molar-refractivity contribution is 8.16. The number of aromatic hydroxyl groups is 1. The molecule has 7 nitrogen and oxygen atoms in total. The Morgan fingerprint density at radius 3 is 3.00 bits per heavy atom. The number of hydrogen-bond donors (Lipinski definition) is 3. The second-order valence-electron chi connectivity index (χ2n) is 4.81. The second-order valence-corrected chi connectivity index (χ2v) is 5.64. The first kappa shape index (κ1) is 14.5. The standard InChI is InChI=1S/C14H13N3O4S/c18-11-2-1-8(5-10(11)13(20)21)16-12(19)6-9-7-22-14-15-3-4-17(9)14/h1-2,5,7,18H,3-4,6H2,(H,16,19)(H,20,21). The number of thioether (sulfide) groups is 1. The summed E-state index contributed by atoms with van der Waals surface area (Å²) in [7, 11) is 0. The van der Waals surface area contributed by atoms with E-state index in [0.717, 1.165) is 24.0 Å². The number of anilines is 1. The normalized spacial score (nSPS) is 16.1. The minimum atomic E-state index is -1.25. The molecule has 0 fully saturated rings. The molecule has 1 aromatic rings. The summed E-state index contributed by atoms with van der Waals surface area (Å²) in [6.07, 6.45) is 0.190. The van der Waals surface area contributed by atoms with Crippen LogP contribution in [0, 0.1) is 0 Å². The molecule has 2 aliphatic rings. The Balaban J connectivity index is 1.66. The van der Waals surface area contributed by atoms with Gasteiger partial charge >= 0.3 is 5.97 Å². The first-order valence-corrected chi connectivity index (χ1v) is 7.46. The molecule has 1 amide bonds. The van der Waals surface area contributed by atoms with Gasteiger partial charge in [-0.05, 0) is 23.6 Å². The van der Waals surface area contributed by atoms with Gasteiger partial charge in [0, 0.05) is 17.9 Å². The van der Waals surface area contributed by atoms with Crippen LogP contribution >= 0.6 is 11.8 Å². The van der Waals surface area contributed by atoms with Crippen molar-refractivity contribution in [3.05, 3.63) is 34.9 Å². The topological polar surface area (TPSA) is 102 Å². The van der Waals surface area contributed by atoms with Gasteiger partial charge in [0.2, 0.25) is 5.91 Å². The summed E-state index contributed by atoms with van der Waals surface area (Å²) >= 11 is 1.50. The monoisotopic (exact) mass is 319 g/mol. The van der Waals surface area contributed by atoms with Crippen LogP contribution in [-0.4, -0.2) is 45.2 Å². The molecule has 22 heavy (non-hydrogen) atoms. The zero-order valence-corrected chi connectivity index (χ0v) is 12.3. The summed E-state index contributed by atoms with van der Waals surface area (Å²) < 4.78 is 0. The number of rotatable bonds is 4. The van der Waals surface area contributed by atoms with Gasteiger partial charge in [0.1, 0.15) is 11.3 Å².